The Bertz CT molecular complexity index is 613. The van der Waals surface area contributed by atoms with E-state index in [1.807, 2.05) is 12.3 Å². The minimum Gasteiger partial charge on any atom is -0.300 e. The second-order valence-electron chi connectivity index (χ2n) is 5.97. The quantitative estimate of drug-likeness (QED) is 0.850. The largest absolute Gasteiger partial charge is 0.300 e. The maximum absolute atomic E-state index is 4.93. The fraction of sp³-hybridized carbons (Fsp3) is 0.625. The van der Waals surface area contributed by atoms with Gasteiger partial charge < -0.3 is 0 Å². The summed E-state index contributed by atoms with van der Waals surface area (Å²) in [6.45, 7) is 0. The summed E-state index contributed by atoms with van der Waals surface area (Å²) in [6, 6.07) is 4.11. The predicted octanol–water partition coefficient (Wildman–Crippen LogP) is 4.14. The number of pyridine rings is 1. The summed E-state index contributed by atoms with van der Waals surface area (Å²) in [6.07, 6.45) is 8.31. The standard InChI is InChI=1S/C16H21N3S2/c1-3-13-16(17-7-1)19(15-4-2-8-21-15)14(18-13)11-12-5-9-20-10-6-12/h1,3,7,12,15H,2,4-6,8-11H2. The molecule has 0 aromatic carbocycles. The highest BCUT2D eigenvalue weighted by molar-refractivity contribution is 7.99. The predicted molar refractivity (Wildman–Crippen MR) is 92.0 cm³/mol. The lowest BCUT2D eigenvalue weighted by Gasteiger charge is -2.22. The molecule has 1 atom stereocenters. The Balaban J connectivity index is 1.70. The van der Waals surface area contributed by atoms with Crippen LogP contribution in [0.4, 0.5) is 0 Å². The highest BCUT2D eigenvalue weighted by atomic mass is 32.2. The molecule has 0 amide bonds. The molecule has 2 aliphatic rings. The molecule has 2 fully saturated rings. The monoisotopic (exact) mass is 319 g/mol. The average molecular weight is 319 g/mol. The molecule has 0 spiro atoms. The van der Waals surface area contributed by atoms with E-state index in [-0.39, 0.29) is 0 Å². The van der Waals surface area contributed by atoms with Crippen LogP contribution in [0.25, 0.3) is 11.2 Å². The maximum Gasteiger partial charge on any atom is 0.160 e. The van der Waals surface area contributed by atoms with Gasteiger partial charge in [-0.1, -0.05) is 0 Å². The van der Waals surface area contributed by atoms with Crippen molar-refractivity contribution < 1.29 is 0 Å². The Morgan fingerprint density at radius 1 is 1.19 bits per heavy atom. The molecule has 5 heteroatoms. The zero-order valence-electron chi connectivity index (χ0n) is 12.2. The van der Waals surface area contributed by atoms with Gasteiger partial charge in [0.25, 0.3) is 0 Å². The molecule has 0 N–H and O–H groups in total. The van der Waals surface area contributed by atoms with Crippen LogP contribution in [0.3, 0.4) is 0 Å². The third-order valence-electron chi connectivity index (χ3n) is 4.53. The number of hydrogen-bond acceptors (Lipinski definition) is 4. The highest BCUT2D eigenvalue weighted by Gasteiger charge is 2.25. The van der Waals surface area contributed by atoms with Crippen molar-refractivity contribution in [3.8, 4) is 0 Å². The molecule has 3 nitrogen and oxygen atoms in total. The molecule has 0 radical (unpaired) electrons. The van der Waals surface area contributed by atoms with Crippen LogP contribution >= 0.6 is 23.5 Å². The fourth-order valence-electron chi connectivity index (χ4n) is 3.40. The second kappa shape index (κ2) is 6.21. The number of rotatable bonds is 3. The molecule has 21 heavy (non-hydrogen) atoms. The molecule has 1 unspecified atom stereocenters. The number of aromatic nitrogens is 3. The number of hydrogen-bond donors (Lipinski definition) is 0. The summed E-state index contributed by atoms with van der Waals surface area (Å²) < 4.78 is 2.45. The van der Waals surface area contributed by atoms with E-state index in [0.717, 1.165) is 23.5 Å². The molecular weight excluding hydrogens is 298 g/mol. The van der Waals surface area contributed by atoms with Crippen LogP contribution in [0.2, 0.25) is 0 Å². The molecule has 0 saturated carbocycles. The van der Waals surface area contributed by atoms with Crippen molar-refractivity contribution in [2.24, 2.45) is 5.92 Å². The molecular formula is C16H21N3S2. The molecule has 2 aromatic heterocycles. The number of imidazole rings is 1. The SMILES string of the molecule is c1cnc2c(c1)nc(CC1CCSCC1)n2C1CCCS1. The van der Waals surface area contributed by atoms with E-state index in [2.05, 4.69) is 39.1 Å². The van der Waals surface area contributed by atoms with Crippen LogP contribution in [0, 0.1) is 5.92 Å². The van der Waals surface area contributed by atoms with Gasteiger partial charge in [0, 0.05) is 12.6 Å². The number of nitrogens with zero attached hydrogens (tertiary/aromatic N) is 3. The van der Waals surface area contributed by atoms with Crippen LogP contribution in [-0.4, -0.2) is 31.8 Å². The van der Waals surface area contributed by atoms with Gasteiger partial charge in [0.2, 0.25) is 0 Å². The van der Waals surface area contributed by atoms with Crippen LogP contribution in [-0.2, 0) is 6.42 Å². The Morgan fingerprint density at radius 3 is 2.90 bits per heavy atom. The summed E-state index contributed by atoms with van der Waals surface area (Å²) in [5, 5.41) is 0.554. The van der Waals surface area contributed by atoms with Crippen LogP contribution in [0.5, 0.6) is 0 Å². The number of thioether (sulfide) groups is 2. The van der Waals surface area contributed by atoms with Crippen LogP contribution in [0.1, 0.15) is 36.9 Å². The maximum atomic E-state index is 4.93. The van der Waals surface area contributed by atoms with Crippen molar-refractivity contribution in [3.63, 3.8) is 0 Å². The van der Waals surface area contributed by atoms with Gasteiger partial charge in [0.05, 0.1) is 5.37 Å². The third-order valence-corrected chi connectivity index (χ3v) is 6.93. The summed E-state index contributed by atoms with van der Waals surface area (Å²) in [5.74, 6) is 6.01. The van der Waals surface area contributed by atoms with E-state index < -0.39 is 0 Å². The van der Waals surface area contributed by atoms with Gasteiger partial charge in [-0.25, -0.2) is 9.97 Å². The summed E-state index contributed by atoms with van der Waals surface area (Å²) >= 11 is 4.17. The van der Waals surface area contributed by atoms with Gasteiger partial charge in [-0.05, 0) is 61.0 Å². The topological polar surface area (TPSA) is 30.7 Å². The van der Waals surface area contributed by atoms with E-state index in [1.165, 1.54) is 48.8 Å². The summed E-state index contributed by atoms with van der Waals surface area (Å²) in [4.78, 5) is 9.55. The van der Waals surface area contributed by atoms with Crippen molar-refractivity contribution in [1.82, 2.24) is 14.5 Å². The lowest BCUT2D eigenvalue weighted by atomic mass is 9.98. The van der Waals surface area contributed by atoms with Crippen molar-refractivity contribution >= 4 is 34.7 Å². The fourth-order valence-corrected chi connectivity index (χ4v) is 5.91. The first-order valence-corrected chi connectivity index (χ1v) is 10.1. The molecule has 112 valence electrons. The molecule has 2 aliphatic heterocycles. The molecule has 2 aromatic rings. The van der Waals surface area contributed by atoms with E-state index in [4.69, 9.17) is 4.98 Å². The van der Waals surface area contributed by atoms with Crippen molar-refractivity contribution in [2.75, 3.05) is 17.3 Å². The minimum absolute atomic E-state index is 0.554. The van der Waals surface area contributed by atoms with Crippen LogP contribution < -0.4 is 0 Å². The first-order chi connectivity index (χ1) is 10.4. The Hall–Kier alpha value is -0.680. The lowest BCUT2D eigenvalue weighted by Crippen LogP contribution is -2.16. The van der Waals surface area contributed by atoms with E-state index in [9.17, 15) is 0 Å². The van der Waals surface area contributed by atoms with E-state index >= 15 is 0 Å². The van der Waals surface area contributed by atoms with Gasteiger partial charge >= 0.3 is 0 Å². The summed E-state index contributed by atoms with van der Waals surface area (Å²) in [5.41, 5.74) is 2.17. The van der Waals surface area contributed by atoms with Gasteiger partial charge in [-0.3, -0.25) is 4.57 Å². The van der Waals surface area contributed by atoms with E-state index in [0.29, 0.717) is 5.37 Å². The first kappa shape index (κ1) is 13.9. The Kier molecular flexibility index (Phi) is 4.12. The third kappa shape index (κ3) is 2.82. The van der Waals surface area contributed by atoms with Crippen molar-refractivity contribution in [3.05, 3.63) is 24.2 Å². The normalized spacial score (nSPS) is 23.9. The Labute approximate surface area is 134 Å². The highest BCUT2D eigenvalue weighted by Crippen LogP contribution is 2.39. The van der Waals surface area contributed by atoms with E-state index in [1.54, 1.807) is 0 Å². The molecule has 4 heterocycles. The smallest absolute Gasteiger partial charge is 0.160 e. The van der Waals surface area contributed by atoms with Gasteiger partial charge in [-0.15, -0.1) is 11.8 Å². The summed E-state index contributed by atoms with van der Waals surface area (Å²) in [7, 11) is 0. The zero-order chi connectivity index (χ0) is 14.1. The van der Waals surface area contributed by atoms with Gasteiger partial charge in [-0.2, -0.15) is 11.8 Å². The molecule has 4 rings (SSSR count). The Morgan fingerprint density at radius 2 is 2.10 bits per heavy atom. The van der Waals surface area contributed by atoms with Gasteiger partial charge in [0.15, 0.2) is 5.65 Å². The first-order valence-electron chi connectivity index (χ1n) is 7.93. The second-order valence-corrected chi connectivity index (χ2v) is 8.48. The minimum atomic E-state index is 0.554. The lowest BCUT2D eigenvalue weighted by molar-refractivity contribution is 0.462. The average Bonchev–Trinajstić information content (AvgIpc) is 3.14. The van der Waals surface area contributed by atoms with Gasteiger partial charge in [0.1, 0.15) is 11.3 Å². The zero-order valence-corrected chi connectivity index (χ0v) is 13.8. The molecule has 0 bridgehead atoms. The molecule has 2 saturated heterocycles. The van der Waals surface area contributed by atoms with Crippen molar-refractivity contribution in [1.29, 1.82) is 0 Å². The van der Waals surface area contributed by atoms with Crippen LogP contribution in [0.15, 0.2) is 18.3 Å². The number of fused-ring (bicyclic) bond motifs is 1. The van der Waals surface area contributed by atoms with Crippen molar-refractivity contribution in [2.45, 2.75) is 37.5 Å². The molecule has 0 aliphatic carbocycles.